The van der Waals surface area contributed by atoms with E-state index in [2.05, 4.69) is 4.90 Å². The van der Waals surface area contributed by atoms with Gasteiger partial charge in [0.25, 0.3) is 0 Å². The predicted molar refractivity (Wildman–Crippen MR) is 121 cm³/mol. The molecule has 6 nitrogen and oxygen atoms in total. The molecule has 3 rings (SSSR count). The molecule has 0 atom stereocenters. The molecule has 31 heavy (non-hydrogen) atoms. The summed E-state index contributed by atoms with van der Waals surface area (Å²) in [6, 6.07) is 15.3. The highest BCUT2D eigenvalue weighted by Gasteiger charge is 2.25. The SMILES string of the molecule is Cc1ccc(OCC(=O)c2ccc(CN3CCN(C(=O)OC(C)(C)C)CC3)cc2)cc1. The van der Waals surface area contributed by atoms with Gasteiger partial charge in [-0.25, -0.2) is 4.79 Å². The molecule has 1 saturated heterocycles. The fourth-order valence-corrected chi connectivity index (χ4v) is 3.34. The van der Waals surface area contributed by atoms with E-state index in [0.717, 1.165) is 30.8 Å². The van der Waals surface area contributed by atoms with E-state index >= 15 is 0 Å². The van der Waals surface area contributed by atoms with E-state index in [-0.39, 0.29) is 18.5 Å². The van der Waals surface area contributed by atoms with Crippen molar-refractivity contribution in [3.8, 4) is 5.75 Å². The van der Waals surface area contributed by atoms with Crippen LogP contribution in [0.1, 0.15) is 42.3 Å². The Labute approximate surface area is 184 Å². The summed E-state index contributed by atoms with van der Waals surface area (Å²) in [6.07, 6.45) is -0.247. The van der Waals surface area contributed by atoms with Crippen LogP contribution in [0.25, 0.3) is 0 Å². The second-order valence-electron chi connectivity index (χ2n) is 8.97. The first-order chi connectivity index (χ1) is 14.7. The first-order valence-corrected chi connectivity index (χ1v) is 10.7. The van der Waals surface area contributed by atoms with E-state index in [9.17, 15) is 9.59 Å². The highest BCUT2D eigenvalue weighted by atomic mass is 16.6. The van der Waals surface area contributed by atoms with Gasteiger partial charge in [-0.15, -0.1) is 0 Å². The number of hydrogen-bond donors (Lipinski definition) is 0. The van der Waals surface area contributed by atoms with Gasteiger partial charge < -0.3 is 14.4 Å². The number of ether oxygens (including phenoxy) is 2. The molecular formula is C25H32N2O4. The molecule has 1 aliphatic heterocycles. The van der Waals surface area contributed by atoms with Crippen molar-refractivity contribution in [2.75, 3.05) is 32.8 Å². The molecule has 0 saturated carbocycles. The Kier molecular flexibility index (Phi) is 7.33. The lowest BCUT2D eigenvalue weighted by atomic mass is 10.1. The lowest BCUT2D eigenvalue weighted by molar-refractivity contribution is 0.0139. The summed E-state index contributed by atoms with van der Waals surface area (Å²) in [5.74, 6) is 0.652. The molecule has 0 bridgehead atoms. The lowest BCUT2D eigenvalue weighted by Crippen LogP contribution is -2.49. The van der Waals surface area contributed by atoms with Crippen LogP contribution in [0, 0.1) is 6.92 Å². The molecule has 0 radical (unpaired) electrons. The van der Waals surface area contributed by atoms with Gasteiger partial charge in [0.2, 0.25) is 0 Å². The second-order valence-corrected chi connectivity index (χ2v) is 8.97. The molecule has 1 aliphatic rings. The minimum atomic E-state index is -0.474. The van der Waals surface area contributed by atoms with Gasteiger partial charge in [-0.2, -0.15) is 0 Å². The number of aryl methyl sites for hydroxylation is 1. The zero-order valence-electron chi connectivity index (χ0n) is 18.9. The molecule has 1 heterocycles. The molecule has 166 valence electrons. The molecule has 0 N–H and O–H groups in total. The summed E-state index contributed by atoms with van der Waals surface area (Å²) in [7, 11) is 0. The first-order valence-electron chi connectivity index (χ1n) is 10.7. The average Bonchev–Trinajstić information content (AvgIpc) is 2.73. The monoisotopic (exact) mass is 424 g/mol. The van der Waals surface area contributed by atoms with Crippen molar-refractivity contribution in [3.05, 3.63) is 65.2 Å². The van der Waals surface area contributed by atoms with Gasteiger partial charge in [0.1, 0.15) is 11.4 Å². The number of nitrogens with zero attached hydrogens (tertiary/aromatic N) is 2. The Hall–Kier alpha value is -2.86. The van der Waals surface area contributed by atoms with Crippen LogP contribution in [-0.4, -0.2) is 60.1 Å². The molecular weight excluding hydrogens is 392 g/mol. The van der Waals surface area contributed by atoms with Gasteiger partial charge in [-0.1, -0.05) is 42.0 Å². The summed E-state index contributed by atoms with van der Waals surface area (Å²) in [5, 5.41) is 0. The number of piperazine rings is 1. The zero-order chi connectivity index (χ0) is 22.4. The molecule has 2 aromatic carbocycles. The normalized spacial score (nSPS) is 14.9. The van der Waals surface area contributed by atoms with E-state index in [1.165, 1.54) is 0 Å². The fourth-order valence-electron chi connectivity index (χ4n) is 3.34. The van der Waals surface area contributed by atoms with Gasteiger partial charge in [-0.05, 0) is 45.4 Å². The molecule has 1 fully saturated rings. The van der Waals surface area contributed by atoms with E-state index in [1.807, 2.05) is 76.2 Å². The van der Waals surface area contributed by atoms with Crippen molar-refractivity contribution in [2.24, 2.45) is 0 Å². The molecule has 6 heteroatoms. The average molecular weight is 425 g/mol. The van der Waals surface area contributed by atoms with E-state index in [0.29, 0.717) is 24.4 Å². The summed E-state index contributed by atoms with van der Waals surface area (Å²) in [5.41, 5.74) is 2.46. The smallest absolute Gasteiger partial charge is 0.410 e. The van der Waals surface area contributed by atoms with Gasteiger partial charge in [-0.3, -0.25) is 9.69 Å². The van der Waals surface area contributed by atoms with Crippen LogP contribution >= 0.6 is 0 Å². The van der Waals surface area contributed by atoms with Crippen LogP contribution in [0.5, 0.6) is 5.75 Å². The Morgan fingerprint density at radius 2 is 1.52 bits per heavy atom. The minimum absolute atomic E-state index is 0.0228. The number of benzene rings is 2. The molecule has 0 aromatic heterocycles. The third-order valence-electron chi connectivity index (χ3n) is 5.10. The first kappa shape index (κ1) is 22.8. The van der Waals surface area contributed by atoms with Crippen molar-refractivity contribution in [1.29, 1.82) is 0 Å². The van der Waals surface area contributed by atoms with Crippen LogP contribution < -0.4 is 4.74 Å². The van der Waals surface area contributed by atoms with Crippen molar-refractivity contribution >= 4 is 11.9 Å². The Balaban J connectivity index is 1.45. The standard InChI is InChI=1S/C25H32N2O4/c1-19-5-11-22(12-6-19)30-18-23(28)21-9-7-20(8-10-21)17-26-13-15-27(16-14-26)24(29)31-25(2,3)4/h5-12H,13-18H2,1-4H3. The van der Waals surface area contributed by atoms with Crippen molar-refractivity contribution in [2.45, 2.75) is 39.8 Å². The summed E-state index contributed by atoms with van der Waals surface area (Å²) >= 11 is 0. The summed E-state index contributed by atoms with van der Waals surface area (Å²) in [4.78, 5) is 28.6. The molecule has 0 spiro atoms. The van der Waals surface area contributed by atoms with Gasteiger partial charge in [0.05, 0.1) is 0 Å². The molecule has 0 unspecified atom stereocenters. The number of amides is 1. The van der Waals surface area contributed by atoms with Crippen LogP contribution in [0.15, 0.2) is 48.5 Å². The quantitative estimate of drug-likeness (QED) is 0.647. The highest BCUT2D eigenvalue weighted by Crippen LogP contribution is 2.15. The zero-order valence-corrected chi connectivity index (χ0v) is 18.9. The van der Waals surface area contributed by atoms with Crippen molar-refractivity contribution < 1.29 is 19.1 Å². The number of ketones is 1. The number of Topliss-reactive ketones (excluding diaryl/α,β-unsaturated/α-hetero) is 1. The number of carbonyl (C=O) groups excluding carboxylic acids is 2. The van der Waals surface area contributed by atoms with Crippen LogP contribution in [-0.2, 0) is 11.3 Å². The van der Waals surface area contributed by atoms with Crippen LogP contribution in [0.2, 0.25) is 0 Å². The number of carbonyl (C=O) groups is 2. The fraction of sp³-hybridized carbons (Fsp3) is 0.440. The van der Waals surface area contributed by atoms with E-state index in [1.54, 1.807) is 4.90 Å². The number of rotatable bonds is 6. The largest absolute Gasteiger partial charge is 0.485 e. The molecule has 0 aliphatic carbocycles. The maximum absolute atomic E-state index is 12.4. The van der Waals surface area contributed by atoms with Gasteiger partial charge in [0.15, 0.2) is 12.4 Å². The summed E-state index contributed by atoms with van der Waals surface area (Å²) in [6.45, 7) is 11.4. The Morgan fingerprint density at radius 1 is 0.903 bits per heavy atom. The third kappa shape index (κ3) is 7.10. The topological polar surface area (TPSA) is 59.1 Å². The summed E-state index contributed by atoms with van der Waals surface area (Å²) < 4.78 is 11.0. The highest BCUT2D eigenvalue weighted by molar-refractivity contribution is 5.97. The third-order valence-corrected chi connectivity index (χ3v) is 5.10. The second kappa shape index (κ2) is 9.96. The van der Waals surface area contributed by atoms with Gasteiger partial charge >= 0.3 is 6.09 Å². The Bertz CT molecular complexity index is 877. The maximum atomic E-state index is 12.4. The Morgan fingerprint density at radius 3 is 2.10 bits per heavy atom. The van der Waals surface area contributed by atoms with E-state index < -0.39 is 5.60 Å². The van der Waals surface area contributed by atoms with Crippen LogP contribution in [0.3, 0.4) is 0 Å². The number of hydrogen-bond acceptors (Lipinski definition) is 5. The minimum Gasteiger partial charge on any atom is -0.485 e. The lowest BCUT2D eigenvalue weighted by Gasteiger charge is -2.35. The maximum Gasteiger partial charge on any atom is 0.410 e. The predicted octanol–water partition coefficient (Wildman–Crippen LogP) is 4.31. The van der Waals surface area contributed by atoms with Crippen molar-refractivity contribution in [1.82, 2.24) is 9.80 Å². The van der Waals surface area contributed by atoms with E-state index in [4.69, 9.17) is 9.47 Å². The molecule has 1 amide bonds. The van der Waals surface area contributed by atoms with Crippen molar-refractivity contribution in [3.63, 3.8) is 0 Å². The van der Waals surface area contributed by atoms with Crippen LogP contribution in [0.4, 0.5) is 4.79 Å². The molecule has 2 aromatic rings. The van der Waals surface area contributed by atoms with Gasteiger partial charge in [0, 0.05) is 38.3 Å².